The number of nitrogens with one attached hydrogen (secondary N) is 1. The third-order valence-electron chi connectivity index (χ3n) is 4.79. The predicted octanol–water partition coefficient (Wildman–Crippen LogP) is 3.54. The van der Waals surface area contributed by atoms with E-state index in [1.807, 2.05) is 30.3 Å². The number of carboxylic acids is 1. The van der Waals surface area contributed by atoms with Gasteiger partial charge in [0.2, 0.25) is 0 Å². The van der Waals surface area contributed by atoms with Crippen LogP contribution >= 0.6 is 0 Å². The SMILES string of the molecule is CC(c1ccccc1)c1ccc(-c2c[nH]n3c(=O)c(C(=O)O)cnc23)cc1. The molecule has 1 atom stereocenters. The highest BCUT2D eigenvalue weighted by atomic mass is 16.4. The molecule has 2 aromatic carbocycles. The molecular weight excluding hydrogens is 342 g/mol. The normalized spacial score (nSPS) is 12.2. The number of aromatic nitrogens is 3. The maximum atomic E-state index is 12.2. The standard InChI is InChI=1S/C21H17N3O3/c1-13(14-5-3-2-4-6-14)15-7-9-16(10-8-15)17-12-23-24-19(17)22-11-18(20(24)25)21(26)27/h2-13,23H,1H3,(H,26,27). The summed E-state index contributed by atoms with van der Waals surface area (Å²) in [4.78, 5) is 27.5. The second-order valence-corrected chi connectivity index (χ2v) is 6.38. The van der Waals surface area contributed by atoms with Gasteiger partial charge in [-0.3, -0.25) is 9.89 Å². The summed E-state index contributed by atoms with van der Waals surface area (Å²) in [6.07, 6.45) is 2.76. The Kier molecular flexibility index (Phi) is 4.08. The number of aromatic amines is 1. The summed E-state index contributed by atoms with van der Waals surface area (Å²) in [5.74, 6) is -1.03. The van der Waals surface area contributed by atoms with Crippen LogP contribution in [0.15, 0.2) is 71.8 Å². The number of benzene rings is 2. The average molecular weight is 359 g/mol. The molecule has 0 spiro atoms. The number of carboxylic acid groups (broad SMARTS) is 1. The first-order valence-corrected chi connectivity index (χ1v) is 8.54. The fourth-order valence-corrected chi connectivity index (χ4v) is 3.20. The average Bonchev–Trinajstić information content (AvgIpc) is 3.13. The second kappa shape index (κ2) is 6.57. The van der Waals surface area contributed by atoms with Gasteiger partial charge >= 0.3 is 5.97 Å². The number of fused-ring (bicyclic) bond motifs is 1. The van der Waals surface area contributed by atoms with Crippen LogP contribution in [0, 0.1) is 0 Å². The summed E-state index contributed by atoms with van der Waals surface area (Å²) in [5, 5.41) is 11.8. The van der Waals surface area contributed by atoms with Crippen LogP contribution in [-0.2, 0) is 0 Å². The van der Waals surface area contributed by atoms with E-state index in [-0.39, 0.29) is 11.5 Å². The van der Waals surface area contributed by atoms with E-state index in [4.69, 9.17) is 5.11 Å². The molecular formula is C21H17N3O3. The van der Waals surface area contributed by atoms with Gasteiger partial charge in [0.25, 0.3) is 5.56 Å². The number of aromatic carboxylic acids is 1. The zero-order valence-electron chi connectivity index (χ0n) is 14.6. The van der Waals surface area contributed by atoms with Crippen molar-refractivity contribution in [2.24, 2.45) is 0 Å². The summed E-state index contributed by atoms with van der Waals surface area (Å²) in [7, 11) is 0. The van der Waals surface area contributed by atoms with E-state index in [9.17, 15) is 9.59 Å². The van der Waals surface area contributed by atoms with Gasteiger partial charge in [-0.2, -0.15) is 0 Å². The Bertz CT molecular complexity index is 1180. The van der Waals surface area contributed by atoms with E-state index < -0.39 is 11.5 Å². The highest BCUT2D eigenvalue weighted by molar-refractivity contribution is 5.87. The van der Waals surface area contributed by atoms with Gasteiger partial charge in [0.15, 0.2) is 5.65 Å². The first-order chi connectivity index (χ1) is 13.1. The van der Waals surface area contributed by atoms with Crippen LogP contribution in [0.2, 0.25) is 0 Å². The number of nitrogens with zero attached hydrogens (tertiary/aromatic N) is 2. The molecule has 0 fully saturated rings. The molecule has 134 valence electrons. The lowest BCUT2D eigenvalue weighted by Crippen LogP contribution is -2.22. The second-order valence-electron chi connectivity index (χ2n) is 6.38. The molecule has 0 radical (unpaired) electrons. The van der Waals surface area contributed by atoms with Gasteiger partial charge < -0.3 is 5.11 Å². The van der Waals surface area contributed by atoms with Crippen molar-refractivity contribution in [2.45, 2.75) is 12.8 Å². The summed E-state index contributed by atoms with van der Waals surface area (Å²) in [6, 6.07) is 18.3. The van der Waals surface area contributed by atoms with E-state index in [2.05, 4.69) is 41.3 Å². The molecule has 6 nitrogen and oxygen atoms in total. The minimum Gasteiger partial charge on any atom is -0.477 e. The van der Waals surface area contributed by atoms with E-state index in [0.29, 0.717) is 5.65 Å². The van der Waals surface area contributed by atoms with Crippen molar-refractivity contribution in [3.05, 3.63) is 94.0 Å². The lowest BCUT2D eigenvalue weighted by Gasteiger charge is -2.12. The van der Waals surface area contributed by atoms with Crippen molar-refractivity contribution in [3.63, 3.8) is 0 Å². The van der Waals surface area contributed by atoms with Crippen LogP contribution in [-0.4, -0.2) is 25.7 Å². The minimum atomic E-state index is -1.29. The Hall–Kier alpha value is -3.67. The van der Waals surface area contributed by atoms with Crippen molar-refractivity contribution >= 4 is 11.6 Å². The minimum absolute atomic E-state index is 0.266. The Labute approximate surface area is 154 Å². The molecule has 4 rings (SSSR count). The highest BCUT2D eigenvalue weighted by Crippen LogP contribution is 2.28. The summed E-state index contributed by atoms with van der Waals surface area (Å²) in [5.41, 5.74) is 3.46. The van der Waals surface area contributed by atoms with Crippen LogP contribution in [0.5, 0.6) is 0 Å². The van der Waals surface area contributed by atoms with E-state index >= 15 is 0 Å². The quantitative estimate of drug-likeness (QED) is 0.583. The lowest BCUT2D eigenvalue weighted by atomic mass is 9.92. The van der Waals surface area contributed by atoms with Crippen LogP contribution in [0.25, 0.3) is 16.8 Å². The zero-order valence-corrected chi connectivity index (χ0v) is 14.6. The monoisotopic (exact) mass is 359 g/mol. The van der Waals surface area contributed by atoms with Gasteiger partial charge in [-0.15, -0.1) is 0 Å². The zero-order chi connectivity index (χ0) is 19.0. The van der Waals surface area contributed by atoms with Crippen LogP contribution in [0.4, 0.5) is 0 Å². The summed E-state index contributed by atoms with van der Waals surface area (Å²) >= 11 is 0. The Balaban J connectivity index is 1.71. The molecule has 0 bridgehead atoms. The fourth-order valence-electron chi connectivity index (χ4n) is 3.20. The molecule has 0 aliphatic rings. The molecule has 27 heavy (non-hydrogen) atoms. The largest absolute Gasteiger partial charge is 0.477 e. The maximum Gasteiger partial charge on any atom is 0.343 e. The van der Waals surface area contributed by atoms with Crippen LogP contribution in [0.3, 0.4) is 0 Å². The molecule has 0 aliphatic heterocycles. The smallest absolute Gasteiger partial charge is 0.343 e. The highest BCUT2D eigenvalue weighted by Gasteiger charge is 2.16. The van der Waals surface area contributed by atoms with Crippen molar-refractivity contribution in [1.82, 2.24) is 14.6 Å². The van der Waals surface area contributed by atoms with Gasteiger partial charge in [0.05, 0.1) is 0 Å². The van der Waals surface area contributed by atoms with Crippen LogP contribution in [0.1, 0.15) is 34.3 Å². The van der Waals surface area contributed by atoms with Crippen molar-refractivity contribution in [3.8, 4) is 11.1 Å². The fraction of sp³-hybridized carbons (Fsp3) is 0.0952. The number of hydrogen-bond donors (Lipinski definition) is 2. The maximum absolute atomic E-state index is 12.2. The number of H-pyrrole nitrogens is 1. The van der Waals surface area contributed by atoms with Crippen molar-refractivity contribution < 1.29 is 9.90 Å². The number of carbonyl (C=O) groups is 1. The summed E-state index contributed by atoms with van der Waals surface area (Å²) in [6.45, 7) is 2.16. The molecule has 6 heteroatoms. The lowest BCUT2D eigenvalue weighted by molar-refractivity contribution is 0.0694. The van der Waals surface area contributed by atoms with Gasteiger partial charge in [-0.1, -0.05) is 61.5 Å². The molecule has 2 aromatic heterocycles. The van der Waals surface area contributed by atoms with Crippen molar-refractivity contribution in [2.75, 3.05) is 0 Å². The Morgan fingerprint density at radius 3 is 2.41 bits per heavy atom. The molecule has 0 aliphatic carbocycles. The molecule has 0 saturated heterocycles. The van der Waals surface area contributed by atoms with Crippen LogP contribution < -0.4 is 5.56 Å². The van der Waals surface area contributed by atoms with E-state index in [1.165, 1.54) is 11.1 Å². The van der Waals surface area contributed by atoms with Crippen molar-refractivity contribution in [1.29, 1.82) is 0 Å². The van der Waals surface area contributed by atoms with E-state index in [0.717, 1.165) is 21.8 Å². The molecule has 2 heterocycles. The third kappa shape index (κ3) is 2.91. The molecule has 4 aromatic rings. The third-order valence-corrected chi connectivity index (χ3v) is 4.79. The van der Waals surface area contributed by atoms with Gasteiger partial charge in [-0.05, 0) is 16.7 Å². The molecule has 0 saturated carbocycles. The topological polar surface area (TPSA) is 87.5 Å². The first kappa shape index (κ1) is 16.8. The van der Waals surface area contributed by atoms with Gasteiger partial charge in [0.1, 0.15) is 5.56 Å². The number of rotatable bonds is 4. The molecule has 1 unspecified atom stereocenters. The Morgan fingerprint density at radius 1 is 1.07 bits per heavy atom. The van der Waals surface area contributed by atoms with E-state index in [1.54, 1.807) is 6.20 Å². The van der Waals surface area contributed by atoms with Gasteiger partial charge in [-0.25, -0.2) is 14.3 Å². The molecule has 0 amide bonds. The number of hydrogen-bond acceptors (Lipinski definition) is 3. The Morgan fingerprint density at radius 2 is 1.74 bits per heavy atom. The van der Waals surface area contributed by atoms with Gasteiger partial charge in [0, 0.05) is 23.9 Å². The predicted molar refractivity (Wildman–Crippen MR) is 102 cm³/mol. The summed E-state index contributed by atoms with van der Waals surface area (Å²) < 4.78 is 1.15. The first-order valence-electron chi connectivity index (χ1n) is 8.54. The molecule has 2 N–H and O–H groups in total.